The topological polar surface area (TPSA) is 56.5 Å². The predicted molar refractivity (Wildman–Crippen MR) is 217 cm³/mol. The van der Waals surface area contributed by atoms with Crippen LogP contribution in [-0.2, 0) is 0 Å². The lowest BCUT2D eigenvalue weighted by molar-refractivity contribution is 1.17. The molecule has 10 aromatic rings. The number of fused-ring (bicyclic) bond motifs is 5. The first kappa shape index (κ1) is 30.6. The molecule has 0 saturated carbocycles. The monoisotopic (exact) mass is 677 g/mol. The molecule has 0 radical (unpaired) electrons. The quantitative estimate of drug-likeness (QED) is 0.176. The van der Waals surface area contributed by atoms with Crippen LogP contribution >= 0.6 is 0 Å². The van der Waals surface area contributed by atoms with E-state index >= 15 is 0 Å². The van der Waals surface area contributed by atoms with Crippen LogP contribution < -0.4 is 0 Å². The van der Waals surface area contributed by atoms with Gasteiger partial charge in [0.05, 0.1) is 45.0 Å². The number of hydrogen-bond acceptors (Lipinski definition) is 4. The van der Waals surface area contributed by atoms with Gasteiger partial charge in [-0.3, -0.25) is 9.97 Å². The number of para-hydroxylation sites is 2. The number of nitrogens with zero attached hydrogens (tertiary/aromatic N) is 5. The number of pyridine rings is 4. The van der Waals surface area contributed by atoms with Crippen LogP contribution in [0.1, 0.15) is 0 Å². The summed E-state index contributed by atoms with van der Waals surface area (Å²) in [7, 11) is 0. The van der Waals surface area contributed by atoms with Crippen molar-refractivity contribution in [2.24, 2.45) is 0 Å². The molecule has 5 aromatic heterocycles. The van der Waals surface area contributed by atoms with E-state index in [4.69, 9.17) is 9.97 Å². The Bertz CT molecular complexity index is 2840. The summed E-state index contributed by atoms with van der Waals surface area (Å²) in [6.45, 7) is 0. The maximum Gasteiger partial charge on any atom is 0.0956 e. The molecule has 0 amide bonds. The molecule has 5 nitrogen and oxygen atoms in total. The average molecular weight is 678 g/mol. The van der Waals surface area contributed by atoms with Crippen molar-refractivity contribution in [3.63, 3.8) is 0 Å². The van der Waals surface area contributed by atoms with Crippen LogP contribution in [0.25, 0.3) is 94.7 Å². The highest BCUT2D eigenvalue weighted by molar-refractivity contribution is 6.23. The molecule has 5 heteroatoms. The van der Waals surface area contributed by atoms with Gasteiger partial charge in [0.25, 0.3) is 0 Å². The highest BCUT2D eigenvalue weighted by atomic mass is 15.0. The van der Waals surface area contributed by atoms with Gasteiger partial charge in [0.2, 0.25) is 0 Å². The van der Waals surface area contributed by atoms with Gasteiger partial charge in [-0.1, -0.05) is 115 Å². The summed E-state index contributed by atoms with van der Waals surface area (Å²) in [5.41, 5.74) is 14.1. The summed E-state index contributed by atoms with van der Waals surface area (Å²) in [5.74, 6) is 0. The van der Waals surface area contributed by atoms with E-state index < -0.39 is 0 Å². The van der Waals surface area contributed by atoms with E-state index in [-0.39, 0.29) is 0 Å². The van der Waals surface area contributed by atoms with E-state index in [1.54, 1.807) is 12.4 Å². The molecule has 0 atom stereocenters. The van der Waals surface area contributed by atoms with Crippen LogP contribution in [-0.4, -0.2) is 24.5 Å². The summed E-state index contributed by atoms with van der Waals surface area (Å²) in [6.07, 6.45) is 3.60. The summed E-state index contributed by atoms with van der Waals surface area (Å²) in [6, 6.07) is 61.3. The minimum absolute atomic E-state index is 0.812. The fourth-order valence-electron chi connectivity index (χ4n) is 7.40. The van der Waals surface area contributed by atoms with Crippen molar-refractivity contribution in [3.05, 3.63) is 188 Å². The first-order valence-electron chi connectivity index (χ1n) is 17.7. The lowest BCUT2D eigenvalue weighted by atomic mass is 9.99. The third-order valence-corrected chi connectivity index (χ3v) is 9.91. The standard InChI is InChI=1S/C48H31N5/c1-2-12-35(13-3-1)47-48-46(38-14-4-6-16-40(38)52-47)39-15-5-7-19-45(39)53(48)37-26-24-33(25-27-37)32-20-22-34(23-21-32)36-30-43(41-17-8-10-28-49-41)51-44(31-36)42-18-9-11-29-50-42/h1-31H. The van der Waals surface area contributed by atoms with E-state index in [0.717, 1.165) is 83.9 Å². The van der Waals surface area contributed by atoms with Crippen molar-refractivity contribution in [2.75, 3.05) is 0 Å². The normalized spacial score (nSPS) is 11.4. The number of hydrogen-bond donors (Lipinski definition) is 0. The second-order valence-electron chi connectivity index (χ2n) is 13.1. The zero-order valence-corrected chi connectivity index (χ0v) is 28.6. The largest absolute Gasteiger partial charge is 0.307 e. The fraction of sp³-hybridized carbons (Fsp3) is 0. The molecule has 0 unspecified atom stereocenters. The summed E-state index contributed by atoms with van der Waals surface area (Å²) >= 11 is 0. The third kappa shape index (κ3) is 5.43. The highest BCUT2D eigenvalue weighted by Crippen LogP contribution is 2.41. The number of benzene rings is 5. The van der Waals surface area contributed by atoms with Crippen LogP contribution in [0.5, 0.6) is 0 Å². The maximum absolute atomic E-state index is 5.27. The molecule has 0 aliphatic carbocycles. The van der Waals surface area contributed by atoms with E-state index in [9.17, 15) is 0 Å². The van der Waals surface area contributed by atoms with Crippen molar-refractivity contribution in [3.8, 4) is 62.0 Å². The summed E-state index contributed by atoms with van der Waals surface area (Å²) in [4.78, 5) is 19.4. The van der Waals surface area contributed by atoms with Crippen LogP contribution in [0.3, 0.4) is 0 Å². The summed E-state index contributed by atoms with van der Waals surface area (Å²) in [5, 5.41) is 3.59. The molecular formula is C48H31N5. The molecule has 0 bridgehead atoms. The van der Waals surface area contributed by atoms with Crippen molar-refractivity contribution < 1.29 is 0 Å². The highest BCUT2D eigenvalue weighted by Gasteiger charge is 2.20. The van der Waals surface area contributed by atoms with E-state index in [2.05, 4.69) is 154 Å². The van der Waals surface area contributed by atoms with Crippen LogP contribution in [0, 0.1) is 0 Å². The van der Waals surface area contributed by atoms with E-state index in [1.165, 1.54) is 10.8 Å². The molecule has 0 spiro atoms. The minimum atomic E-state index is 0.812. The van der Waals surface area contributed by atoms with Gasteiger partial charge in [-0.15, -0.1) is 0 Å². The van der Waals surface area contributed by atoms with Crippen molar-refractivity contribution in [2.45, 2.75) is 0 Å². The molecule has 5 aromatic carbocycles. The molecule has 5 heterocycles. The van der Waals surface area contributed by atoms with E-state index in [0.29, 0.717) is 0 Å². The molecule has 53 heavy (non-hydrogen) atoms. The van der Waals surface area contributed by atoms with Crippen molar-refractivity contribution in [1.82, 2.24) is 24.5 Å². The Morgan fingerprint density at radius 2 is 0.925 bits per heavy atom. The molecule has 0 N–H and O–H groups in total. The van der Waals surface area contributed by atoms with Gasteiger partial charge in [-0.2, -0.15) is 0 Å². The Balaban J connectivity index is 1.06. The minimum Gasteiger partial charge on any atom is -0.307 e. The van der Waals surface area contributed by atoms with Gasteiger partial charge < -0.3 is 4.57 Å². The SMILES string of the molecule is c1ccc(-c2nc3ccccc3c3c4ccccc4n(-c4ccc(-c5ccc(-c6cc(-c7ccccn7)nc(-c7ccccn7)c6)cc5)cc4)c23)cc1. The number of rotatable bonds is 6. The van der Waals surface area contributed by atoms with E-state index in [1.807, 2.05) is 36.4 Å². The molecule has 0 aliphatic rings. The third-order valence-electron chi connectivity index (χ3n) is 9.91. The lowest BCUT2D eigenvalue weighted by Gasteiger charge is -2.13. The van der Waals surface area contributed by atoms with Gasteiger partial charge in [0.15, 0.2) is 0 Å². The molecule has 0 aliphatic heterocycles. The molecule has 248 valence electrons. The lowest BCUT2D eigenvalue weighted by Crippen LogP contribution is -1.97. The zero-order valence-electron chi connectivity index (χ0n) is 28.6. The first-order valence-corrected chi connectivity index (χ1v) is 17.7. The van der Waals surface area contributed by atoms with Gasteiger partial charge in [-0.05, 0) is 82.9 Å². The van der Waals surface area contributed by atoms with Crippen LogP contribution in [0.4, 0.5) is 0 Å². The smallest absolute Gasteiger partial charge is 0.0956 e. The molecular weight excluding hydrogens is 647 g/mol. The zero-order chi connectivity index (χ0) is 35.1. The van der Waals surface area contributed by atoms with Crippen molar-refractivity contribution in [1.29, 1.82) is 0 Å². The Kier molecular flexibility index (Phi) is 7.40. The summed E-state index contributed by atoms with van der Waals surface area (Å²) < 4.78 is 2.38. The van der Waals surface area contributed by atoms with Crippen LogP contribution in [0.15, 0.2) is 188 Å². The molecule has 10 rings (SSSR count). The number of aromatic nitrogens is 5. The molecule has 0 saturated heterocycles. The van der Waals surface area contributed by atoms with Gasteiger partial charge >= 0.3 is 0 Å². The first-order chi connectivity index (χ1) is 26.3. The molecule has 0 fully saturated rings. The Labute approximate surface area is 306 Å². The Morgan fingerprint density at radius 1 is 0.377 bits per heavy atom. The Morgan fingerprint density at radius 3 is 1.57 bits per heavy atom. The van der Waals surface area contributed by atoms with Crippen LogP contribution in [0.2, 0.25) is 0 Å². The van der Waals surface area contributed by atoms with Gasteiger partial charge in [0.1, 0.15) is 0 Å². The van der Waals surface area contributed by atoms with Gasteiger partial charge in [-0.25, -0.2) is 9.97 Å². The second kappa shape index (κ2) is 12.8. The van der Waals surface area contributed by atoms with Gasteiger partial charge in [0, 0.05) is 39.8 Å². The Hall–Kier alpha value is -7.24. The maximum atomic E-state index is 5.27. The van der Waals surface area contributed by atoms with Crippen molar-refractivity contribution >= 4 is 32.7 Å². The average Bonchev–Trinajstić information content (AvgIpc) is 3.60. The second-order valence-corrected chi connectivity index (χ2v) is 13.1. The predicted octanol–water partition coefficient (Wildman–Crippen LogP) is 11.9. The fourth-order valence-corrected chi connectivity index (χ4v) is 7.40.